The van der Waals surface area contributed by atoms with Crippen molar-refractivity contribution in [3.05, 3.63) is 29.3 Å². The standard InChI is InChI=1S/C10H12NO2/c1-11(2)6-8-3-9(7-12)5-10(13)4-8/h3-5,13H,6H2,1-2H3. The van der Waals surface area contributed by atoms with Crippen molar-refractivity contribution in [2.45, 2.75) is 6.54 Å². The summed E-state index contributed by atoms with van der Waals surface area (Å²) in [6, 6.07) is 4.75. The average molecular weight is 178 g/mol. The van der Waals surface area contributed by atoms with Crippen LogP contribution in [0, 0.1) is 0 Å². The quantitative estimate of drug-likeness (QED) is 0.748. The Hall–Kier alpha value is -1.35. The zero-order valence-corrected chi connectivity index (χ0v) is 7.74. The zero-order chi connectivity index (χ0) is 9.84. The highest BCUT2D eigenvalue weighted by atomic mass is 16.3. The van der Waals surface area contributed by atoms with Gasteiger partial charge < -0.3 is 10.0 Å². The van der Waals surface area contributed by atoms with Gasteiger partial charge in [-0.15, -0.1) is 0 Å². The van der Waals surface area contributed by atoms with Crippen molar-refractivity contribution >= 4 is 6.29 Å². The van der Waals surface area contributed by atoms with Crippen LogP contribution in [-0.4, -0.2) is 30.4 Å². The lowest BCUT2D eigenvalue weighted by atomic mass is 10.1. The van der Waals surface area contributed by atoms with Gasteiger partial charge in [0, 0.05) is 12.1 Å². The second-order valence-corrected chi connectivity index (χ2v) is 3.23. The molecule has 1 aromatic rings. The molecule has 0 unspecified atom stereocenters. The first-order valence-corrected chi connectivity index (χ1v) is 3.97. The number of phenolic OH excluding ortho intramolecular Hbond substituents is 1. The van der Waals surface area contributed by atoms with E-state index in [2.05, 4.69) is 0 Å². The third-order valence-corrected chi connectivity index (χ3v) is 1.59. The summed E-state index contributed by atoms with van der Waals surface area (Å²) in [5.74, 6) is 0.109. The molecule has 0 aliphatic heterocycles. The lowest BCUT2D eigenvalue weighted by molar-refractivity contribution is 0.400. The van der Waals surface area contributed by atoms with Gasteiger partial charge in [-0.25, -0.2) is 0 Å². The summed E-state index contributed by atoms with van der Waals surface area (Å²) in [5, 5.41) is 9.24. The number of carbonyl (C=O) groups excluding carboxylic acids is 1. The summed E-state index contributed by atoms with van der Waals surface area (Å²) in [7, 11) is 3.85. The van der Waals surface area contributed by atoms with Crippen LogP contribution in [0.1, 0.15) is 11.1 Å². The van der Waals surface area contributed by atoms with Gasteiger partial charge in [0.05, 0.1) is 0 Å². The second kappa shape index (κ2) is 4.05. The number of nitrogens with zero attached hydrogens (tertiary/aromatic N) is 1. The Kier molecular flexibility index (Phi) is 3.03. The molecule has 0 saturated carbocycles. The van der Waals surface area contributed by atoms with E-state index in [9.17, 15) is 9.90 Å². The van der Waals surface area contributed by atoms with Crippen LogP contribution in [0.4, 0.5) is 0 Å². The molecule has 69 valence electrons. The van der Waals surface area contributed by atoms with Gasteiger partial charge in [0.15, 0.2) is 0 Å². The maximum absolute atomic E-state index is 10.3. The van der Waals surface area contributed by atoms with E-state index in [4.69, 9.17) is 0 Å². The number of rotatable bonds is 3. The highest BCUT2D eigenvalue weighted by Gasteiger charge is 2.00. The molecular weight excluding hydrogens is 166 g/mol. The van der Waals surface area contributed by atoms with Crippen LogP contribution in [-0.2, 0) is 11.3 Å². The minimum absolute atomic E-state index is 0.109. The Morgan fingerprint density at radius 3 is 2.62 bits per heavy atom. The summed E-state index contributed by atoms with van der Waals surface area (Å²) in [6.45, 7) is 0.697. The van der Waals surface area contributed by atoms with Crippen LogP contribution in [0.25, 0.3) is 0 Å². The van der Waals surface area contributed by atoms with Crippen molar-refractivity contribution < 1.29 is 9.90 Å². The topological polar surface area (TPSA) is 40.5 Å². The molecule has 0 bridgehead atoms. The third kappa shape index (κ3) is 2.87. The summed E-state index contributed by atoms with van der Waals surface area (Å²) in [5.41, 5.74) is 1.29. The summed E-state index contributed by atoms with van der Waals surface area (Å²) >= 11 is 0. The van der Waals surface area contributed by atoms with Crippen LogP contribution in [0.3, 0.4) is 0 Å². The predicted molar refractivity (Wildman–Crippen MR) is 50.3 cm³/mol. The first-order valence-electron chi connectivity index (χ1n) is 3.97. The number of aromatic hydroxyl groups is 1. The molecule has 0 aliphatic carbocycles. The molecule has 1 aromatic carbocycles. The van der Waals surface area contributed by atoms with E-state index in [0.717, 1.165) is 5.56 Å². The summed E-state index contributed by atoms with van der Waals surface area (Å²) in [6.07, 6.45) is 1.75. The van der Waals surface area contributed by atoms with E-state index in [1.54, 1.807) is 18.4 Å². The van der Waals surface area contributed by atoms with Gasteiger partial charge in [0.2, 0.25) is 6.29 Å². The summed E-state index contributed by atoms with van der Waals surface area (Å²) < 4.78 is 0. The van der Waals surface area contributed by atoms with Crippen LogP contribution < -0.4 is 0 Å². The molecule has 3 heteroatoms. The maximum atomic E-state index is 10.3. The van der Waals surface area contributed by atoms with Crippen molar-refractivity contribution in [3.63, 3.8) is 0 Å². The van der Waals surface area contributed by atoms with Gasteiger partial charge in [0.25, 0.3) is 0 Å². The van der Waals surface area contributed by atoms with Crippen molar-refractivity contribution in [1.82, 2.24) is 4.90 Å². The largest absolute Gasteiger partial charge is 0.508 e. The normalized spacial score (nSPS) is 10.4. The van der Waals surface area contributed by atoms with Crippen molar-refractivity contribution in [2.24, 2.45) is 0 Å². The second-order valence-electron chi connectivity index (χ2n) is 3.23. The van der Waals surface area contributed by atoms with Crippen LogP contribution >= 0.6 is 0 Å². The van der Waals surface area contributed by atoms with Gasteiger partial charge in [-0.05, 0) is 37.9 Å². The Bertz CT molecular complexity index is 308. The Balaban J connectivity index is 2.94. The smallest absolute Gasteiger partial charge is 0.233 e. The number of benzene rings is 1. The molecule has 1 rings (SSSR count). The first kappa shape index (κ1) is 9.74. The molecule has 0 fully saturated rings. The zero-order valence-electron chi connectivity index (χ0n) is 7.74. The number of hydrogen-bond donors (Lipinski definition) is 1. The molecule has 1 radical (unpaired) electrons. The highest BCUT2D eigenvalue weighted by Crippen LogP contribution is 2.15. The molecule has 0 spiro atoms. The number of phenols is 1. The molecule has 0 aliphatic rings. The fourth-order valence-electron chi connectivity index (χ4n) is 1.19. The van der Waals surface area contributed by atoms with E-state index < -0.39 is 0 Å². The maximum Gasteiger partial charge on any atom is 0.233 e. The molecule has 1 N–H and O–H groups in total. The Morgan fingerprint density at radius 1 is 1.38 bits per heavy atom. The van der Waals surface area contributed by atoms with Gasteiger partial charge in [0.1, 0.15) is 5.75 Å². The highest BCUT2D eigenvalue weighted by molar-refractivity contribution is 5.76. The number of hydrogen-bond acceptors (Lipinski definition) is 3. The SMILES string of the molecule is CN(C)Cc1cc(O)cc([C]=O)c1. The van der Waals surface area contributed by atoms with Crippen LogP contribution in [0.15, 0.2) is 18.2 Å². The van der Waals surface area contributed by atoms with Crippen molar-refractivity contribution in [3.8, 4) is 5.75 Å². The lowest BCUT2D eigenvalue weighted by Crippen LogP contribution is -2.10. The van der Waals surface area contributed by atoms with Crippen LogP contribution in [0.5, 0.6) is 5.75 Å². The summed E-state index contributed by atoms with van der Waals surface area (Å²) in [4.78, 5) is 12.3. The van der Waals surface area contributed by atoms with E-state index in [-0.39, 0.29) is 5.75 Å². The minimum Gasteiger partial charge on any atom is -0.508 e. The van der Waals surface area contributed by atoms with Crippen molar-refractivity contribution in [1.29, 1.82) is 0 Å². The molecule has 3 nitrogen and oxygen atoms in total. The monoisotopic (exact) mass is 178 g/mol. The van der Waals surface area contributed by atoms with Crippen LogP contribution in [0.2, 0.25) is 0 Å². The van der Waals surface area contributed by atoms with Gasteiger partial charge in [-0.1, -0.05) is 0 Å². The van der Waals surface area contributed by atoms with Gasteiger partial charge >= 0.3 is 0 Å². The lowest BCUT2D eigenvalue weighted by Gasteiger charge is -2.09. The fourth-order valence-corrected chi connectivity index (χ4v) is 1.19. The molecule has 0 aromatic heterocycles. The van der Waals surface area contributed by atoms with E-state index in [0.29, 0.717) is 12.1 Å². The van der Waals surface area contributed by atoms with E-state index in [1.165, 1.54) is 6.07 Å². The predicted octanol–water partition coefficient (Wildman–Crippen LogP) is 0.912. The molecule has 0 atom stereocenters. The molecule has 0 heterocycles. The molecular formula is C10H12NO2. The molecule has 0 saturated heterocycles. The van der Waals surface area contributed by atoms with E-state index >= 15 is 0 Å². The molecule has 13 heavy (non-hydrogen) atoms. The third-order valence-electron chi connectivity index (χ3n) is 1.59. The first-order chi connectivity index (χ1) is 6.11. The van der Waals surface area contributed by atoms with Gasteiger partial charge in [-0.3, -0.25) is 4.79 Å². The fraction of sp³-hybridized carbons (Fsp3) is 0.300. The molecule has 0 amide bonds. The minimum atomic E-state index is 0.109. The van der Waals surface area contributed by atoms with E-state index in [1.807, 2.05) is 19.0 Å². The Labute approximate surface area is 77.6 Å². The Morgan fingerprint density at radius 2 is 2.08 bits per heavy atom. The average Bonchev–Trinajstić information content (AvgIpc) is 2.01. The van der Waals surface area contributed by atoms with Crippen molar-refractivity contribution in [2.75, 3.05) is 14.1 Å². The van der Waals surface area contributed by atoms with Gasteiger partial charge in [-0.2, -0.15) is 0 Å².